The molecule has 0 saturated heterocycles. The zero-order valence-corrected chi connectivity index (χ0v) is 16.3. The Labute approximate surface area is 164 Å². The van der Waals surface area contributed by atoms with Gasteiger partial charge in [0.05, 0.1) is 10.6 Å². The van der Waals surface area contributed by atoms with Crippen molar-refractivity contribution >= 4 is 27.4 Å². The monoisotopic (exact) mass is 393 g/mol. The third kappa shape index (κ3) is 3.73. The number of anilines is 1. The maximum Gasteiger partial charge on any atom is 0.270 e. The highest BCUT2D eigenvalue weighted by molar-refractivity contribution is 7.93. The Morgan fingerprint density at radius 2 is 1.36 bits per heavy atom. The van der Waals surface area contributed by atoms with Crippen LogP contribution in [-0.2, 0) is 14.8 Å². The molecule has 0 aliphatic rings. The van der Waals surface area contributed by atoms with Crippen molar-refractivity contribution in [1.29, 1.82) is 0 Å². The lowest BCUT2D eigenvalue weighted by Crippen LogP contribution is -2.36. The highest BCUT2D eigenvalue weighted by Crippen LogP contribution is 2.29. The highest BCUT2D eigenvalue weighted by atomic mass is 32.2. The van der Waals surface area contributed by atoms with Gasteiger partial charge in [0.1, 0.15) is 0 Å². The van der Waals surface area contributed by atoms with Crippen molar-refractivity contribution < 1.29 is 18.0 Å². The number of hydrogen-bond acceptors (Lipinski definition) is 4. The van der Waals surface area contributed by atoms with Gasteiger partial charge in [-0.3, -0.25) is 9.59 Å². The van der Waals surface area contributed by atoms with E-state index >= 15 is 0 Å². The van der Waals surface area contributed by atoms with Crippen LogP contribution in [0.3, 0.4) is 0 Å². The molecule has 3 aromatic rings. The van der Waals surface area contributed by atoms with Crippen molar-refractivity contribution in [1.82, 2.24) is 0 Å². The molecule has 0 fully saturated rings. The zero-order chi connectivity index (χ0) is 20.3. The van der Waals surface area contributed by atoms with Crippen molar-refractivity contribution in [3.05, 3.63) is 95.6 Å². The average molecular weight is 393 g/mol. The number of hydrogen-bond donors (Lipinski definition) is 0. The first-order chi connectivity index (χ1) is 13.3. The molecule has 142 valence electrons. The first kappa shape index (κ1) is 19.5. The second kappa shape index (κ2) is 7.78. The summed E-state index contributed by atoms with van der Waals surface area (Å²) in [6.07, 6.45) is 0. The van der Waals surface area contributed by atoms with Crippen LogP contribution >= 0.6 is 0 Å². The number of ketones is 1. The summed E-state index contributed by atoms with van der Waals surface area (Å²) in [6.45, 7) is 3.00. The van der Waals surface area contributed by atoms with Gasteiger partial charge in [0.25, 0.3) is 10.0 Å². The minimum absolute atomic E-state index is 0.0183. The fourth-order valence-corrected chi connectivity index (χ4v) is 4.32. The predicted octanol–water partition coefficient (Wildman–Crippen LogP) is 3.97. The third-order valence-corrected chi connectivity index (χ3v) is 6.05. The van der Waals surface area contributed by atoms with Crippen LogP contribution < -0.4 is 4.31 Å². The van der Waals surface area contributed by atoms with Crippen LogP contribution in [0, 0.1) is 6.92 Å². The van der Waals surface area contributed by atoms with Gasteiger partial charge in [0.2, 0.25) is 5.91 Å². The van der Waals surface area contributed by atoms with E-state index in [0.717, 1.165) is 12.5 Å². The minimum atomic E-state index is -4.18. The molecule has 0 spiro atoms. The molecule has 3 rings (SSSR count). The fraction of sp³-hybridized carbons (Fsp3) is 0.0909. The molecule has 0 aliphatic heterocycles. The molecule has 28 heavy (non-hydrogen) atoms. The summed E-state index contributed by atoms with van der Waals surface area (Å²) in [5.74, 6) is -1.06. The number of amides is 1. The fourth-order valence-electron chi connectivity index (χ4n) is 2.87. The lowest BCUT2D eigenvalue weighted by atomic mass is 10.0. The van der Waals surface area contributed by atoms with E-state index in [9.17, 15) is 18.0 Å². The smallest absolute Gasteiger partial charge is 0.270 e. The van der Waals surface area contributed by atoms with Crippen molar-refractivity contribution in [2.45, 2.75) is 18.7 Å². The van der Waals surface area contributed by atoms with E-state index in [1.165, 1.54) is 24.3 Å². The molecular weight excluding hydrogens is 374 g/mol. The minimum Gasteiger partial charge on any atom is -0.289 e. The van der Waals surface area contributed by atoms with Gasteiger partial charge in [-0.1, -0.05) is 60.2 Å². The molecular formula is C22H19NO4S. The van der Waals surface area contributed by atoms with Gasteiger partial charge >= 0.3 is 0 Å². The standard InChI is InChI=1S/C22H19NO4S/c1-16-12-14-19(15-13-16)28(26,27)23(17(2)24)21-11-7-6-10-20(21)22(25)18-8-4-3-5-9-18/h3-15H,1-2H3. The number of carbonyl (C=O) groups is 2. The van der Waals surface area contributed by atoms with Crippen molar-refractivity contribution in [2.24, 2.45) is 0 Å². The molecule has 3 aromatic carbocycles. The molecule has 1 amide bonds. The number of benzene rings is 3. The largest absolute Gasteiger partial charge is 0.289 e. The molecule has 0 aromatic heterocycles. The van der Waals surface area contributed by atoms with Gasteiger partial charge in [0.15, 0.2) is 5.78 Å². The Bertz CT molecular complexity index is 1120. The first-order valence-electron chi connectivity index (χ1n) is 8.63. The summed E-state index contributed by atoms with van der Waals surface area (Å²) in [6, 6.07) is 20.9. The normalized spacial score (nSPS) is 11.1. The number of nitrogens with zero attached hydrogens (tertiary/aromatic N) is 1. The Morgan fingerprint density at radius 1 is 0.786 bits per heavy atom. The lowest BCUT2D eigenvalue weighted by molar-refractivity contribution is -0.115. The van der Waals surface area contributed by atoms with Gasteiger partial charge in [-0.25, -0.2) is 12.7 Å². The maximum atomic E-state index is 13.2. The van der Waals surface area contributed by atoms with E-state index in [1.54, 1.807) is 54.6 Å². The number of para-hydroxylation sites is 1. The van der Waals surface area contributed by atoms with Crippen LogP contribution in [0.2, 0.25) is 0 Å². The predicted molar refractivity (Wildman–Crippen MR) is 108 cm³/mol. The Balaban J connectivity index is 2.16. The van der Waals surface area contributed by atoms with Gasteiger partial charge < -0.3 is 0 Å². The third-order valence-electron chi connectivity index (χ3n) is 4.25. The summed E-state index contributed by atoms with van der Waals surface area (Å²) in [5.41, 5.74) is 1.48. The average Bonchev–Trinajstić information content (AvgIpc) is 2.68. The van der Waals surface area contributed by atoms with E-state index in [1.807, 2.05) is 6.92 Å². The zero-order valence-electron chi connectivity index (χ0n) is 15.5. The Kier molecular flexibility index (Phi) is 5.42. The molecule has 6 heteroatoms. The SMILES string of the molecule is CC(=O)N(c1ccccc1C(=O)c1ccccc1)S(=O)(=O)c1ccc(C)cc1. The molecule has 0 heterocycles. The highest BCUT2D eigenvalue weighted by Gasteiger charge is 2.31. The van der Waals surface area contributed by atoms with E-state index in [0.29, 0.717) is 9.87 Å². The molecule has 0 atom stereocenters. The molecule has 0 radical (unpaired) electrons. The topological polar surface area (TPSA) is 71.5 Å². The van der Waals surface area contributed by atoms with Crippen molar-refractivity contribution in [2.75, 3.05) is 4.31 Å². The summed E-state index contributed by atoms with van der Waals surface area (Å²) < 4.78 is 27.1. The van der Waals surface area contributed by atoms with Gasteiger partial charge in [-0.2, -0.15) is 0 Å². The van der Waals surface area contributed by atoms with E-state index in [4.69, 9.17) is 0 Å². The van der Waals surface area contributed by atoms with Gasteiger partial charge in [0, 0.05) is 18.1 Å². The van der Waals surface area contributed by atoms with Crippen LogP contribution in [-0.4, -0.2) is 20.1 Å². The summed E-state index contributed by atoms with van der Waals surface area (Å²) >= 11 is 0. The molecule has 0 unspecified atom stereocenters. The maximum absolute atomic E-state index is 13.2. The van der Waals surface area contributed by atoms with Crippen LogP contribution in [0.1, 0.15) is 28.4 Å². The van der Waals surface area contributed by atoms with Crippen LogP contribution in [0.15, 0.2) is 83.8 Å². The molecule has 0 aliphatic carbocycles. The number of rotatable bonds is 5. The summed E-state index contributed by atoms with van der Waals surface area (Å²) in [5, 5.41) is 0. The number of sulfonamides is 1. The van der Waals surface area contributed by atoms with Gasteiger partial charge in [-0.15, -0.1) is 0 Å². The quantitative estimate of drug-likeness (QED) is 0.615. The number of carbonyl (C=O) groups excluding carboxylic acids is 2. The summed E-state index contributed by atoms with van der Waals surface area (Å²) in [4.78, 5) is 25.3. The second-order valence-corrected chi connectivity index (χ2v) is 8.10. The van der Waals surface area contributed by atoms with Crippen LogP contribution in [0.25, 0.3) is 0 Å². The second-order valence-electron chi connectivity index (χ2n) is 6.31. The van der Waals surface area contributed by atoms with Gasteiger partial charge in [-0.05, 0) is 31.2 Å². The van der Waals surface area contributed by atoms with E-state index in [-0.39, 0.29) is 21.9 Å². The van der Waals surface area contributed by atoms with Crippen LogP contribution in [0.4, 0.5) is 5.69 Å². The number of aryl methyl sites for hydroxylation is 1. The molecule has 0 N–H and O–H groups in total. The first-order valence-corrected chi connectivity index (χ1v) is 10.1. The van der Waals surface area contributed by atoms with Crippen molar-refractivity contribution in [3.63, 3.8) is 0 Å². The van der Waals surface area contributed by atoms with Crippen LogP contribution in [0.5, 0.6) is 0 Å². The lowest BCUT2D eigenvalue weighted by Gasteiger charge is -2.23. The Morgan fingerprint density at radius 3 is 1.96 bits per heavy atom. The molecule has 5 nitrogen and oxygen atoms in total. The van der Waals surface area contributed by atoms with E-state index < -0.39 is 15.9 Å². The Hall–Kier alpha value is -3.25. The molecule has 0 saturated carbocycles. The molecule has 0 bridgehead atoms. The van der Waals surface area contributed by atoms with E-state index in [2.05, 4.69) is 0 Å². The van der Waals surface area contributed by atoms with Crippen molar-refractivity contribution in [3.8, 4) is 0 Å². The summed E-state index contributed by atoms with van der Waals surface area (Å²) in [7, 11) is -4.18.